The summed E-state index contributed by atoms with van der Waals surface area (Å²) in [5, 5.41) is 4.04. The van der Waals surface area contributed by atoms with Crippen LogP contribution in [0.25, 0.3) is 11.8 Å². The molecule has 0 fully saturated rings. The molecule has 2 aromatic rings. The van der Waals surface area contributed by atoms with E-state index in [0.717, 1.165) is 5.22 Å². The minimum absolute atomic E-state index is 0.0708. The van der Waals surface area contributed by atoms with E-state index in [-0.39, 0.29) is 18.1 Å². The number of halogens is 2. The fraction of sp³-hybridized carbons (Fsp3) is 0.200. The number of fused-ring (bicyclic) bond motifs is 1. The van der Waals surface area contributed by atoms with Crippen molar-refractivity contribution in [1.82, 2.24) is 10.3 Å². The van der Waals surface area contributed by atoms with Crippen LogP contribution in [0.3, 0.4) is 0 Å². The minimum Gasteiger partial charge on any atom is -0.478 e. The van der Waals surface area contributed by atoms with Crippen LogP contribution in [-0.2, 0) is 9.53 Å². The van der Waals surface area contributed by atoms with Crippen molar-refractivity contribution in [2.24, 2.45) is 4.99 Å². The summed E-state index contributed by atoms with van der Waals surface area (Å²) in [6.45, 7) is -0.564. The number of nitrogens with two attached hydrogens (primary N) is 1. The van der Waals surface area contributed by atoms with Crippen LogP contribution in [0.1, 0.15) is 12.5 Å². The van der Waals surface area contributed by atoms with Gasteiger partial charge in [0.2, 0.25) is 5.88 Å². The maximum absolute atomic E-state index is 12.6. The Morgan fingerprint density at radius 3 is 2.80 bits per heavy atom. The number of aliphatic imine (C=N–C) groups is 1. The van der Waals surface area contributed by atoms with Crippen LogP contribution in [0.4, 0.5) is 20.2 Å². The van der Waals surface area contributed by atoms with E-state index in [0.29, 0.717) is 45.9 Å². The summed E-state index contributed by atoms with van der Waals surface area (Å²) in [5.41, 5.74) is 9.27. The summed E-state index contributed by atoms with van der Waals surface area (Å²) in [7, 11) is 1.64. The number of pyridine rings is 1. The van der Waals surface area contributed by atoms with E-state index in [9.17, 15) is 13.6 Å². The van der Waals surface area contributed by atoms with E-state index < -0.39 is 6.61 Å². The number of ether oxygens (including phenoxy) is 2. The van der Waals surface area contributed by atoms with Crippen molar-refractivity contribution in [3.8, 4) is 5.88 Å². The van der Waals surface area contributed by atoms with Crippen molar-refractivity contribution in [2.45, 2.75) is 13.5 Å². The van der Waals surface area contributed by atoms with Crippen molar-refractivity contribution in [3.63, 3.8) is 0 Å². The summed E-state index contributed by atoms with van der Waals surface area (Å²) in [6.07, 6.45) is 6.40. The van der Waals surface area contributed by atoms with Gasteiger partial charge in [0.15, 0.2) is 11.8 Å². The zero-order valence-electron chi connectivity index (χ0n) is 19.1. The molecule has 1 aromatic carbocycles. The first-order valence-corrected chi connectivity index (χ1v) is 10.8. The Morgan fingerprint density at radius 2 is 2.14 bits per heavy atom. The highest BCUT2D eigenvalue weighted by Crippen LogP contribution is 2.31. The third kappa shape index (κ3) is 4.92. The molecule has 2 aliphatic heterocycles. The van der Waals surface area contributed by atoms with Crippen LogP contribution in [0.15, 0.2) is 64.6 Å². The number of alkyl halides is 2. The maximum atomic E-state index is 12.6. The lowest BCUT2D eigenvalue weighted by Gasteiger charge is -2.28. The number of nitrogens with one attached hydrogen (secondary N) is 1. The third-order valence-electron chi connectivity index (χ3n) is 5.32. The second-order valence-corrected chi connectivity index (χ2v) is 7.50. The van der Waals surface area contributed by atoms with E-state index in [2.05, 4.69) is 20.0 Å². The molecule has 1 aromatic heterocycles. The van der Waals surface area contributed by atoms with Gasteiger partial charge in [-0.2, -0.15) is 8.78 Å². The Bertz CT molecular complexity index is 1410. The number of nitrogen functional groups attached to an aromatic ring is 1. The molecule has 3 N–H and O–H groups in total. The van der Waals surface area contributed by atoms with Crippen LogP contribution in [0.5, 0.6) is 5.88 Å². The second kappa shape index (κ2) is 10.2. The van der Waals surface area contributed by atoms with E-state index in [1.807, 2.05) is 25.0 Å². The van der Waals surface area contributed by atoms with Gasteiger partial charge in [-0.15, -0.1) is 0 Å². The monoisotopic (exact) mass is 479 g/mol. The summed E-state index contributed by atoms with van der Waals surface area (Å²) in [6, 6.07) is 8.90. The minimum atomic E-state index is -2.95. The number of anilines is 2. The molecule has 3 heterocycles. The highest BCUT2D eigenvalue weighted by Gasteiger charge is 2.26. The summed E-state index contributed by atoms with van der Waals surface area (Å²) in [5.74, 6) is 2.36. The van der Waals surface area contributed by atoms with E-state index >= 15 is 0 Å². The highest BCUT2D eigenvalue weighted by molar-refractivity contribution is 5.97. The SMILES string of the molecule is CCOc1ccc2c(n1)=C(C1=CC=C(OC(F)F)NC1)C(=C=O)N(c1ccc(N)c(C=NC)c1)C=2. The molecule has 0 saturated heterocycles. The van der Waals surface area contributed by atoms with E-state index in [4.69, 9.17) is 10.5 Å². The number of hydrogen-bond acceptors (Lipinski definition) is 8. The van der Waals surface area contributed by atoms with Crippen LogP contribution >= 0.6 is 0 Å². The lowest BCUT2D eigenvalue weighted by Crippen LogP contribution is -2.41. The normalized spacial score (nSPS) is 15.2. The number of hydrogen-bond donors (Lipinski definition) is 2. The first-order valence-electron chi connectivity index (χ1n) is 10.8. The Balaban J connectivity index is 1.92. The summed E-state index contributed by atoms with van der Waals surface area (Å²) in [4.78, 5) is 22.7. The molecular formula is C25H23F2N5O3. The lowest BCUT2D eigenvalue weighted by molar-refractivity contribution is -0.101. The molecule has 0 spiro atoms. The van der Waals surface area contributed by atoms with Gasteiger partial charge in [-0.1, -0.05) is 6.08 Å². The van der Waals surface area contributed by atoms with Crippen molar-refractivity contribution >= 4 is 35.3 Å². The largest absolute Gasteiger partial charge is 0.478 e. The first kappa shape index (κ1) is 23.7. The molecule has 10 heteroatoms. The number of allylic oxidation sites excluding steroid dienone is 3. The molecule has 0 amide bonds. The Kier molecular flexibility index (Phi) is 6.93. The van der Waals surface area contributed by atoms with E-state index in [1.54, 1.807) is 48.6 Å². The molecule has 2 aliphatic rings. The fourth-order valence-electron chi connectivity index (χ4n) is 3.82. The highest BCUT2D eigenvalue weighted by atomic mass is 19.3. The van der Waals surface area contributed by atoms with Crippen molar-refractivity contribution in [3.05, 3.63) is 75.8 Å². The van der Waals surface area contributed by atoms with Gasteiger partial charge in [-0.05, 0) is 42.8 Å². The maximum Gasteiger partial charge on any atom is 0.388 e. The zero-order valence-corrected chi connectivity index (χ0v) is 19.1. The Morgan fingerprint density at radius 1 is 1.31 bits per heavy atom. The van der Waals surface area contributed by atoms with Crippen molar-refractivity contribution in [1.29, 1.82) is 0 Å². The van der Waals surface area contributed by atoms with E-state index in [1.165, 1.54) is 6.08 Å². The molecule has 0 bridgehead atoms. The predicted octanol–water partition coefficient (Wildman–Crippen LogP) is 1.85. The fourth-order valence-corrected chi connectivity index (χ4v) is 3.82. The smallest absolute Gasteiger partial charge is 0.388 e. The Hall–Kier alpha value is -4.43. The van der Waals surface area contributed by atoms with Crippen LogP contribution < -0.4 is 31.3 Å². The van der Waals surface area contributed by atoms with Gasteiger partial charge in [0.05, 0.1) is 12.0 Å². The summed E-state index contributed by atoms with van der Waals surface area (Å²) < 4.78 is 35.2. The van der Waals surface area contributed by atoms with Gasteiger partial charge < -0.3 is 25.4 Å². The van der Waals surface area contributed by atoms with Gasteiger partial charge >= 0.3 is 6.61 Å². The molecule has 180 valence electrons. The van der Waals surface area contributed by atoms with Gasteiger partial charge in [0, 0.05) is 59.8 Å². The van der Waals surface area contributed by atoms with Gasteiger partial charge in [-0.3, -0.25) is 4.99 Å². The molecule has 8 nitrogen and oxygen atoms in total. The number of aromatic nitrogens is 1. The number of benzene rings is 1. The molecule has 0 unspecified atom stereocenters. The van der Waals surface area contributed by atoms with Gasteiger partial charge in [0.25, 0.3) is 0 Å². The average Bonchev–Trinajstić information content (AvgIpc) is 2.85. The van der Waals surface area contributed by atoms with Gasteiger partial charge in [0.1, 0.15) is 5.70 Å². The number of nitrogens with zero attached hydrogens (tertiary/aromatic N) is 3. The predicted molar refractivity (Wildman–Crippen MR) is 130 cm³/mol. The second-order valence-electron chi connectivity index (χ2n) is 7.50. The average molecular weight is 479 g/mol. The molecule has 0 radical (unpaired) electrons. The lowest BCUT2D eigenvalue weighted by atomic mass is 9.96. The standard InChI is InChI=1S/C25H23F2N5O3/c1-3-34-22-9-5-16-13-32(18-6-7-19(28)17(10-18)11-29-2)20(14-33)23(24(16)31-22)15-4-8-21(30-12-15)35-25(26)27/h4-11,13,25,30H,3,12,28H2,1-2H3. The molecule has 35 heavy (non-hydrogen) atoms. The number of carbonyl (C=O) groups excluding carboxylic acids is 1. The zero-order chi connectivity index (χ0) is 24.9. The summed E-state index contributed by atoms with van der Waals surface area (Å²) >= 11 is 0. The van der Waals surface area contributed by atoms with Crippen molar-refractivity contribution in [2.75, 3.05) is 30.8 Å². The van der Waals surface area contributed by atoms with Crippen LogP contribution in [-0.4, -0.2) is 44.0 Å². The quantitative estimate of drug-likeness (QED) is 0.355. The van der Waals surface area contributed by atoms with Crippen LogP contribution in [0.2, 0.25) is 0 Å². The molecule has 0 saturated carbocycles. The molecular weight excluding hydrogens is 456 g/mol. The number of rotatable bonds is 7. The Labute approximate surface area is 200 Å². The molecule has 0 atom stereocenters. The number of dihydropyridines is 1. The van der Waals surface area contributed by atoms with Crippen LogP contribution in [0, 0.1) is 0 Å². The molecule has 4 rings (SSSR count). The topological polar surface area (TPSA) is 102 Å². The first-order chi connectivity index (χ1) is 16.9. The van der Waals surface area contributed by atoms with Crippen molar-refractivity contribution < 1.29 is 23.0 Å². The van der Waals surface area contributed by atoms with Gasteiger partial charge in [-0.25, -0.2) is 9.78 Å². The molecule has 0 aliphatic carbocycles. The third-order valence-corrected chi connectivity index (χ3v) is 5.32.